The molecule has 6 nitrogen and oxygen atoms in total. The highest BCUT2D eigenvalue weighted by atomic mass is 32.2. The summed E-state index contributed by atoms with van der Waals surface area (Å²) in [6.45, 7) is 1.85. The van der Waals surface area contributed by atoms with Gasteiger partial charge in [-0.1, -0.05) is 17.7 Å². The molecule has 0 bridgehead atoms. The first-order valence-corrected chi connectivity index (χ1v) is 5.65. The van der Waals surface area contributed by atoms with Crippen LogP contribution in [0.3, 0.4) is 0 Å². The third kappa shape index (κ3) is 4.20. The summed E-state index contributed by atoms with van der Waals surface area (Å²) in [6.07, 6.45) is 5.02. The summed E-state index contributed by atoms with van der Waals surface area (Å²) in [7, 11) is 0. The van der Waals surface area contributed by atoms with Crippen LogP contribution in [-0.4, -0.2) is 27.7 Å². The minimum Gasteiger partial charge on any atom is -0.383 e. The van der Waals surface area contributed by atoms with E-state index in [1.807, 2.05) is 0 Å². The average molecular weight is 252 g/mol. The molecular weight excluding hydrogens is 240 g/mol. The number of hydrogen-bond donors (Lipinski definition) is 3. The lowest BCUT2D eigenvalue weighted by molar-refractivity contribution is -0.120. The van der Waals surface area contributed by atoms with Gasteiger partial charge >= 0.3 is 0 Å². The van der Waals surface area contributed by atoms with Crippen molar-refractivity contribution in [1.29, 1.82) is 0 Å². The number of terminal acetylenes is 1. The van der Waals surface area contributed by atoms with Crippen molar-refractivity contribution in [3.05, 3.63) is 16.4 Å². The van der Waals surface area contributed by atoms with Crippen LogP contribution in [0.5, 0.6) is 0 Å². The molecule has 7 heteroatoms. The third-order valence-electron chi connectivity index (χ3n) is 1.76. The Labute approximate surface area is 102 Å². The maximum Gasteiger partial charge on any atom is 0.253 e. The molecule has 1 unspecified atom stereocenters. The maximum absolute atomic E-state index is 11.5. The number of anilines is 1. The summed E-state index contributed by atoms with van der Waals surface area (Å²) in [5.41, 5.74) is 5.07. The summed E-state index contributed by atoms with van der Waals surface area (Å²) in [5.74, 6) is 2.19. The van der Waals surface area contributed by atoms with Crippen molar-refractivity contribution in [1.82, 2.24) is 15.3 Å². The van der Waals surface area contributed by atoms with Crippen molar-refractivity contribution < 1.29 is 4.79 Å². The second-order valence-corrected chi connectivity index (χ2v) is 4.49. The fourth-order valence-electron chi connectivity index (χ4n) is 1.01. The van der Waals surface area contributed by atoms with Gasteiger partial charge in [0.1, 0.15) is 5.82 Å². The van der Waals surface area contributed by atoms with E-state index in [-0.39, 0.29) is 23.8 Å². The van der Waals surface area contributed by atoms with Crippen molar-refractivity contribution in [3.63, 3.8) is 0 Å². The molecule has 1 aromatic heterocycles. The van der Waals surface area contributed by atoms with Gasteiger partial charge in [-0.25, -0.2) is 4.98 Å². The largest absolute Gasteiger partial charge is 0.383 e. The van der Waals surface area contributed by atoms with Gasteiger partial charge in [0.05, 0.1) is 11.8 Å². The number of amides is 1. The van der Waals surface area contributed by atoms with Gasteiger partial charge < -0.3 is 16.0 Å². The number of rotatable bonds is 4. The Kier molecular flexibility index (Phi) is 4.60. The van der Waals surface area contributed by atoms with Gasteiger partial charge in [0.15, 0.2) is 5.16 Å². The topological polar surface area (TPSA) is 101 Å². The average Bonchev–Trinajstić information content (AvgIpc) is 2.24. The number of H-pyrrole nitrogens is 1. The van der Waals surface area contributed by atoms with Gasteiger partial charge in [-0.15, -0.1) is 6.42 Å². The van der Waals surface area contributed by atoms with Crippen molar-refractivity contribution in [2.75, 3.05) is 12.3 Å². The highest BCUT2D eigenvalue weighted by molar-refractivity contribution is 8.00. The molecule has 0 radical (unpaired) electrons. The second-order valence-electron chi connectivity index (χ2n) is 3.16. The molecule has 0 saturated carbocycles. The Bertz CT molecular complexity index is 506. The molecule has 1 atom stereocenters. The lowest BCUT2D eigenvalue weighted by atomic mass is 10.4. The van der Waals surface area contributed by atoms with Gasteiger partial charge in [-0.3, -0.25) is 9.59 Å². The number of carbonyl (C=O) groups is 1. The number of carbonyl (C=O) groups excluding carboxylic acids is 1. The van der Waals surface area contributed by atoms with E-state index in [4.69, 9.17) is 12.2 Å². The predicted molar refractivity (Wildman–Crippen MR) is 66.4 cm³/mol. The Morgan fingerprint density at radius 2 is 2.53 bits per heavy atom. The number of nitrogens with zero attached hydrogens (tertiary/aromatic N) is 1. The number of aromatic amines is 1. The first-order valence-electron chi connectivity index (χ1n) is 4.77. The van der Waals surface area contributed by atoms with Crippen molar-refractivity contribution in [2.24, 2.45) is 0 Å². The molecule has 0 aliphatic rings. The lowest BCUT2D eigenvalue weighted by Crippen LogP contribution is -2.31. The minimum absolute atomic E-state index is 0.118. The zero-order valence-electron chi connectivity index (χ0n) is 9.19. The number of nitrogen functional groups attached to an aromatic ring is 1. The fraction of sp³-hybridized carbons (Fsp3) is 0.300. The number of thioether (sulfide) groups is 1. The van der Waals surface area contributed by atoms with E-state index in [2.05, 4.69) is 21.2 Å². The first-order chi connectivity index (χ1) is 8.02. The standard InChI is InChI=1S/C10H12N4O2S/c1-3-4-12-9(16)6(2)17-10-13-7(11)5-8(15)14-10/h1,5-6H,4H2,2H3,(H,12,16)(H3,11,13,14,15). The lowest BCUT2D eigenvalue weighted by Gasteiger charge is -2.09. The van der Waals surface area contributed by atoms with E-state index in [1.165, 1.54) is 6.07 Å². The number of hydrogen-bond acceptors (Lipinski definition) is 5. The van der Waals surface area contributed by atoms with Crippen LogP contribution < -0.4 is 16.6 Å². The third-order valence-corrected chi connectivity index (χ3v) is 2.75. The number of aromatic nitrogens is 2. The molecule has 90 valence electrons. The normalized spacial score (nSPS) is 11.5. The number of nitrogens with two attached hydrogens (primary N) is 1. The van der Waals surface area contributed by atoms with E-state index in [9.17, 15) is 9.59 Å². The summed E-state index contributed by atoms with van der Waals surface area (Å²) in [5, 5.41) is 2.42. The van der Waals surface area contributed by atoms with Gasteiger partial charge in [-0.05, 0) is 6.92 Å². The van der Waals surface area contributed by atoms with E-state index >= 15 is 0 Å². The molecule has 1 rings (SSSR count). The quantitative estimate of drug-likeness (QED) is 0.384. The minimum atomic E-state index is -0.423. The van der Waals surface area contributed by atoms with E-state index < -0.39 is 5.25 Å². The van der Waals surface area contributed by atoms with E-state index in [0.717, 1.165) is 11.8 Å². The van der Waals surface area contributed by atoms with Gasteiger partial charge in [0.25, 0.3) is 5.56 Å². The predicted octanol–water partition coefficient (Wildman–Crippen LogP) is -0.418. The molecule has 4 N–H and O–H groups in total. The van der Waals surface area contributed by atoms with E-state index in [0.29, 0.717) is 5.16 Å². The summed E-state index contributed by atoms with van der Waals surface area (Å²) in [6, 6.07) is 1.17. The summed E-state index contributed by atoms with van der Waals surface area (Å²) >= 11 is 1.10. The van der Waals surface area contributed by atoms with Crippen molar-refractivity contribution in [2.45, 2.75) is 17.3 Å². The number of nitrogens with one attached hydrogen (secondary N) is 2. The van der Waals surface area contributed by atoms with E-state index in [1.54, 1.807) is 6.92 Å². The fourth-order valence-corrected chi connectivity index (χ4v) is 1.85. The van der Waals surface area contributed by atoms with Crippen LogP contribution in [0.1, 0.15) is 6.92 Å². The van der Waals surface area contributed by atoms with Gasteiger partial charge in [-0.2, -0.15) is 0 Å². The zero-order valence-corrected chi connectivity index (χ0v) is 10.0. The van der Waals surface area contributed by atoms with Crippen LogP contribution in [0.2, 0.25) is 0 Å². The van der Waals surface area contributed by atoms with Crippen LogP contribution in [0.25, 0.3) is 0 Å². The summed E-state index contributed by atoms with van der Waals surface area (Å²) < 4.78 is 0. The highest BCUT2D eigenvalue weighted by Gasteiger charge is 2.15. The zero-order chi connectivity index (χ0) is 12.8. The summed E-state index contributed by atoms with van der Waals surface area (Å²) in [4.78, 5) is 29.0. The molecule has 0 fully saturated rings. The van der Waals surface area contributed by atoms with Crippen LogP contribution in [0.15, 0.2) is 16.0 Å². The molecular formula is C10H12N4O2S. The van der Waals surface area contributed by atoms with Crippen molar-refractivity contribution >= 4 is 23.5 Å². The molecule has 0 aliphatic heterocycles. The monoisotopic (exact) mass is 252 g/mol. The molecule has 0 aliphatic carbocycles. The van der Waals surface area contributed by atoms with Crippen LogP contribution in [0, 0.1) is 12.3 Å². The maximum atomic E-state index is 11.5. The SMILES string of the molecule is C#CCNC(=O)C(C)Sc1nc(N)cc(=O)[nH]1. The van der Waals surface area contributed by atoms with Crippen molar-refractivity contribution in [3.8, 4) is 12.3 Å². The highest BCUT2D eigenvalue weighted by Crippen LogP contribution is 2.18. The van der Waals surface area contributed by atoms with Gasteiger partial charge in [0, 0.05) is 6.07 Å². The van der Waals surface area contributed by atoms with Crippen LogP contribution in [0.4, 0.5) is 5.82 Å². The van der Waals surface area contributed by atoms with Crippen LogP contribution in [-0.2, 0) is 4.79 Å². The Hall–Kier alpha value is -1.94. The molecule has 0 spiro atoms. The molecule has 0 saturated heterocycles. The van der Waals surface area contributed by atoms with Gasteiger partial charge in [0.2, 0.25) is 5.91 Å². The Morgan fingerprint density at radius 3 is 3.12 bits per heavy atom. The second kappa shape index (κ2) is 5.96. The Morgan fingerprint density at radius 1 is 1.82 bits per heavy atom. The molecule has 1 heterocycles. The smallest absolute Gasteiger partial charge is 0.253 e. The Balaban J connectivity index is 2.68. The molecule has 1 aromatic rings. The molecule has 1 amide bonds. The first kappa shape index (κ1) is 13.1. The molecule has 0 aromatic carbocycles. The van der Waals surface area contributed by atoms with Crippen LogP contribution >= 0.6 is 11.8 Å². The molecule has 17 heavy (non-hydrogen) atoms.